The summed E-state index contributed by atoms with van der Waals surface area (Å²) in [5, 5.41) is 10.5. The van der Waals surface area contributed by atoms with Gasteiger partial charge in [0, 0.05) is 29.6 Å². The van der Waals surface area contributed by atoms with Crippen LogP contribution in [0.5, 0.6) is 0 Å². The Bertz CT molecular complexity index is 930. The number of aromatic nitrogens is 1. The van der Waals surface area contributed by atoms with Crippen LogP contribution in [0, 0.1) is 13.8 Å². The molecule has 0 unspecified atom stereocenters. The highest BCUT2D eigenvalue weighted by molar-refractivity contribution is 5.86. The quantitative estimate of drug-likeness (QED) is 0.639. The fourth-order valence-electron chi connectivity index (χ4n) is 3.45. The molecule has 1 aromatic heterocycles. The predicted octanol–water partition coefficient (Wildman–Crippen LogP) is 3.45. The van der Waals surface area contributed by atoms with Crippen LogP contribution < -0.4 is 5.48 Å². The Morgan fingerprint density at radius 1 is 1.15 bits per heavy atom. The van der Waals surface area contributed by atoms with Gasteiger partial charge in [0.05, 0.1) is 7.11 Å². The maximum Gasteiger partial charge on any atom is 0.323 e. The largest absolute Gasteiger partial charge is 0.480 e. The van der Waals surface area contributed by atoms with Gasteiger partial charge >= 0.3 is 5.97 Å². The van der Waals surface area contributed by atoms with Crippen molar-refractivity contribution in [2.24, 2.45) is 0 Å². The molecule has 1 atom stereocenters. The third kappa shape index (κ3) is 3.49. The van der Waals surface area contributed by atoms with Crippen molar-refractivity contribution < 1.29 is 14.7 Å². The maximum atomic E-state index is 11.5. The number of fused-ring (bicyclic) bond motifs is 1. The molecule has 0 bridgehead atoms. The van der Waals surface area contributed by atoms with Gasteiger partial charge in [0.25, 0.3) is 0 Å². The van der Waals surface area contributed by atoms with Gasteiger partial charge in [0.15, 0.2) is 0 Å². The smallest absolute Gasteiger partial charge is 0.323 e. The molecule has 2 aromatic carbocycles. The highest BCUT2D eigenvalue weighted by atomic mass is 16.6. The fourth-order valence-corrected chi connectivity index (χ4v) is 3.45. The van der Waals surface area contributed by atoms with Crippen LogP contribution >= 0.6 is 0 Å². The summed E-state index contributed by atoms with van der Waals surface area (Å²) in [5.41, 5.74) is 8.32. The van der Waals surface area contributed by atoms with E-state index in [4.69, 9.17) is 4.84 Å². The van der Waals surface area contributed by atoms with Crippen LogP contribution in [0.15, 0.2) is 48.5 Å². The fraction of sp³-hybridized carbons (Fsp3) is 0.286. The van der Waals surface area contributed by atoms with E-state index in [1.54, 1.807) is 0 Å². The molecule has 0 spiro atoms. The average molecular weight is 352 g/mol. The van der Waals surface area contributed by atoms with E-state index in [1.807, 2.05) is 24.3 Å². The summed E-state index contributed by atoms with van der Waals surface area (Å²) >= 11 is 0. The predicted molar refractivity (Wildman–Crippen MR) is 102 cm³/mol. The third-order valence-electron chi connectivity index (χ3n) is 4.92. The number of nitrogens with zero attached hydrogens (tertiary/aromatic N) is 1. The Hall–Kier alpha value is -2.63. The Morgan fingerprint density at radius 3 is 2.54 bits per heavy atom. The number of hydrogen-bond donors (Lipinski definition) is 2. The van der Waals surface area contributed by atoms with Gasteiger partial charge in [-0.05, 0) is 36.6 Å². The summed E-state index contributed by atoms with van der Waals surface area (Å²) in [7, 11) is 1.43. The van der Waals surface area contributed by atoms with Gasteiger partial charge in [-0.25, -0.2) is 0 Å². The van der Waals surface area contributed by atoms with Crippen LogP contribution in [-0.4, -0.2) is 28.8 Å². The molecule has 0 aliphatic heterocycles. The van der Waals surface area contributed by atoms with Crippen LogP contribution in [0.1, 0.15) is 22.4 Å². The van der Waals surface area contributed by atoms with E-state index in [-0.39, 0.29) is 0 Å². The van der Waals surface area contributed by atoms with Gasteiger partial charge in [-0.2, -0.15) is 5.48 Å². The summed E-state index contributed by atoms with van der Waals surface area (Å²) in [6.07, 6.45) is 0.357. The van der Waals surface area contributed by atoms with Crippen LogP contribution in [0.2, 0.25) is 0 Å². The van der Waals surface area contributed by atoms with Gasteiger partial charge in [-0.1, -0.05) is 42.5 Å². The zero-order valence-corrected chi connectivity index (χ0v) is 15.3. The Balaban J connectivity index is 2.06. The Kier molecular flexibility index (Phi) is 5.40. The van der Waals surface area contributed by atoms with Crippen LogP contribution in [0.3, 0.4) is 0 Å². The molecule has 0 fully saturated rings. The lowest BCUT2D eigenvalue weighted by molar-refractivity contribution is -0.143. The number of rotatable bonds is 7. The number of carboxylic acids is 1. The third-order valence-corrected chi connectivity index (χ3v) is 4.92. The second-order valence-electron chi connectivity index (χ2n) is 6.51. The number of carbonyl (C=O) groups is 1. The van der Waals surface area contributed by atoms with Crippen molar-refractivity contribution in [2.45, 2.75) is 32.9 Å². The molecule has 5 heteroatoms. The minimum absolute atomic E-state index is 0.357. The number of aliphatic carboxylic acids is 1. The number of hydroxylamine groups is 1. The molecule has 0 radical (unpaired) electrons. The zero-order valence-electron chi connectivity index (χ0n) is 15.3. The lowest BCUT2D eigenvalue weighted by Crippen LogP contribution is -2.37. The second kappa shape index (κ2) is 7.72. The standard InChI is InChI=1S/C21H24N2O3/c1-14-8-4-5-9-16(14)13-23-15(2)18(12-19(21(24)25)22-26-3)17-10-6-7-11-20(17)23/h4-11,19,22H,12-13H2,1-3H3,(H,24,25)/t19-/m0/s1. The number of carboxylic acid groups (broad SMARTS) is 1. The monoisotopic (exact) mass is 352 g/mol. The van der Waals surface area contributed by atoms with Crippen molar-refractivity contribution in [2.75, 3.05) is 7.11 Å². The SMILES string of the molecule is CON[C@@H](Cc1c(C)n(Cc2ccccc2C)c2ccccc12)C(=O)O. The number of aryl methyl sites for hydroxylation is 1. The van der Waals surface area contributed by atoms with Gasteiger partial charge in [-0.3, -0.25) is 4.79 Å². The summed E-state index contributed by atoms with van der Waals surface area (Å²) in [6, 6.07) is 15.7. The molecular formula is C21H24N2O3. The Labute approximate surface area is 153 Å². The van der Waals surface area contributed by atoms with Crippen molar-refractivity contribution in [3.8, 4) is 0 Å². The summed E-state index contributed by atoms with van der Waals surface area (Å²) in [4.78, 5) is 16.4. The highest BCUT2D eigenvalue weighted by Gasteiger charge is 2.22. The topological polar surface area (TPSA) is 63.5 Å². The van der Waals surface area contributed by atoms with E-state index in [9.17, 15) is 9.90 Å². The average Bonchev–Trinajstić information content (AvgIpc) is 2.89. The summed E-state index contributed by atoms with van der Waals surface area (Å²) in [5.74, 6) is -0.929. The molecule has 26 heavy (non-hydrogen) atoms. The number of para-hydroxylation sites is 1. The first kappa shape index (κ1) is 18.2. The molecule has 3 rings (SSSR count). The van der Waals surface area contributed by atoms with Crippen molar-refractivity contribution >= 4 is 16.9 Å². The number of hydrogen-bond acceptors (Lipinski definition) is 3. The highest BCUT2D eigenvalue weighted by Crippen LogP contribution is 2.28. The first-order valence-electron chi connectivity index (χ1n) is 8.65. The maximum absolute atomic E-state index is 11.5. The van der Waals surface area contributed by atoms with E-state index in [0.29, 0.717) is 6.42 Å². The normalized spacial score (nSPS) is 12.4. The molecule has 0 aliphatic rings. The van der Waals surface area contributed by atoms with E-state index in [1.165, 1.54) is 18.2 Å². The van der Waals surface area contributed by atoms with E-state index < -0.39 is 12.0 Å². The molecule has 5 nitrogen and oxygen atoms in total. The molecule has 0 saturated carbocycles. The number of nitrogens with one attached hydrogen (secondary N) is 1. The lowest BCUT2D eigenvalue weighted by Gasteiger charge is -2.14. The van der Waals surface area contributed by atoms with Gasteiger partial charge < -0.3 is 14.5 Å². The Morgan fingerprint density at radius 2 is 1.85 bits per heavy atom. The molecule has 0 amide bonds. The minimum atomic E-state index is -0.929. The van der Waals surface area contributed by atoms with Gasteiger partial charge in [-0.15, -0.1) is 0 Å². The molecule has 0 aliphatic carbocycles. The first-order valence-corrected chi connectivity index (χ1v) is 8.65. The zero-order chi connectivity index (χ0) is 18.7. The minimum Gasteiger partial charge on any atom is -0.480 e. The van der Waals surface area contributed by atoms with Crippen LogP contribution in [-0.2, 0) is 22.6 Å². The van der Waals surface area contributed by atoms with Crippen LogP contribution in [0.4, 0.5) is 0 Å². The van der Waals surface area contributed by atoms with Crippen molar-refractivity contribution in [3.05, 3.63) is 70.9 Å². The lowest BCUT2D eigenvalue weighted by atomic mass is 10.0. The van der Waals surface area contributed by atoms with Crippen molar-refractivity contribution in [1.82, 2.24) is 10.0 Å². The van der Waals surface area contributed by atoms with Gasteiger partial charge in [0.1, 0.15) is 6.04 Å². The van der Waals surface area contributed by atoms with Crippen molar-refractivity contribution in [3.63, 3.8) is 0 Å². The first-order chi connectivity index (χ1) is 12.5. The molecule has 1 heterocycles. The summed E-state index contributed by atoms with van der Waals surface area (Å²) < 4.78 is 2.26. The summed E-state index contributed by atoms with van der Waals surface area (Å²) in [6.45, 7) is 4.92. The second-order valence-corrected chi connectivity index (χ2v) is 6.51. The molecule has 136 valence electrons. The van der Waals surface area contributed by atoms with E-state index >= 15 is 0 Å². The van der Waals surface area contributed by atoms with Crippen molar-refractivity contribution in [1.29, 1.82) is 0 Å². The molecule has 0 saturated heterocycles. The van der Waals surface area contributed by atoms with Gasteiger partial charge in [0.2, 0.25) is 0 Å². The number of benzene rings is 2. The van der Waals surface area contributed by atoms with Crippen LogP contribution in [0.25, 0.3) is 10.9 Å². The van der Waals surface area contributed by atoms with E-state index in [2.05, 4.69) is 48.2 Å². The molecule has 2 N–H and O–H groups in total. The van der Waals surface area contributed by atoms with E-state index in [0.717, 1.165) is 28.7 Å². The molecule has 3 aromatic rings. The molecular weight excluding hydrogens is 328 g/mol.